The number of hydrogen-bond donors (Lipinski definition) is 2. The summed E-state index contributed by atoms with van der Waals surface area (Å²) in [5.41, 5.74) is 1.15. The van der Waals surface area contributed by atoms with Crippen LogP contribution < -0.4 is 10.1 Å². The maximum absolute atomic E-state index is 9.66. The van der Waals surface area contributed by atoms with Gasteiger partial charge in [-0.05, 0) is 57.6 Å². The Hall–Kier alpha value is -1.26. The van der Waals surface area contributed by atoms with E-state index >= 15 is 0 Å². The Morgan fingerprint density at radius 1 is 1.37 bits per heavy atom. The normalized spacial score (nSPS) is 17.6. The van der Waals surface area contributed by atoms with E-state index in [0.29, 0.717) is 18.4 Å². The minimum Gasteiger partial charge on any atom is -0.504 e. The predicted octanol–water partition coefficient (Wildman–Crippen LogP) is 1.97. The number of aromatic hydroxyl groups is 1. The summed E-state index contributed by atoms with van der Waals surface area (Å²) < 4.78 is 5.40. The van der Waals surface area contributed by atoms with Crippen molar-refractivity contribution in [2.24, 2.45) is 0 Å². The number of ether oxygens (including phenoxy) is 1. The summed E-state index contributed by atoms with van der Waals surface area (Å²) in [7, 11) is 2.17. The topological polar surface area (TPSA) is 44.7 Å². The van der Waals surface area contributed by atoms with Gasteiger partial charge in [-0.15, -0.1) is 0 Å². The van der Waals surface area contributed by atoms with Crippen LogP contribution in [0.3, 0.4) is 0 Å². The molecule has 1 aromatic carbocycles. The Bertz CT molecular complexity index is 401. The molecule has 0 atom stereocenters. The number of piperidine rings is 1. The van der Waals surface area contributed by atoms with Gasteiger partial charge >= 0.3 is 0 Å². The fourth-order valence-electron chi connectivity index (χ4n) is 2.41. The van der Waals surface area contributed by atoms with Gasteiger partial charge in [-0.2, -0.15) is 0 Å². The average Bonchev–Trinajstić information content (AvgIpc) is 2.42. The van der Waals surface area contributed by atoms with Crippen molar-refractivity contribution in [1.29, 1.82) is 0 Å². The van der Waals surface area contributed by atoms with E-state index in [1.165, 1.54) is 12.8 Å². The van der Waals surface area contributed by atoms with Crippen LogP contribution >= 0.6 is 0 Å². The highest BCUT2D eigenvalue weighted by Crippen LogP contribution is 2.26. The number of benzene rings is 1. The lowest BCUT2D eigenvalue weighted by molar-refractivity contribution is 0.234. The number of rotatable bonds is 5. The van der Waals surface area contributed by atoms with Gasteiger partial charge in [0.25, 0.3) is 0 Å². The molecule has 0 aromatic heterocycles. The van der Waals surface area contributed by atoms with Gasteiger partial charge in [0.05, 0.1) is 6.61 Å². The molecule has 0 amide bonds. The Kier molecular flexibility index (Phi) is 5.05. The highest BCUT2D eigenvalue weighted by atomic mass is 16.5. The van der Waals surface area contributed by atoms with Gasteiger partial charge in [-0.3, -0.25) is 0 Å². The first kappa shape index (κ1) is 14.2. The lowest BCUT2D eigenvalue weighted by Crippen LogP contribution is -2.40. The Morgan fingerprint density at radius 2 is 2.11 bits per heavy atom. The summed E-state index contributed by atoms with van der Waals surface area (Å²) in [5, 5.41) is 13.2. The molecule has 0 unspecified atom stereocenters. The zero-order chi connectivity index (χ0) is 13.7. The summed E-state index contributed by atoms with van der Waals surface area (Å²) in [6.07, 6.45) is 2.40. The molecule has 2 rings (SSSR count). The zero-order valence-electron chi connectivity index (χ0n) is 11.9. The Morgan fingerprint density at radius 3 is 2.79 bits per heavy atom. The predicted molar refractivity (Wildman–Crippen MR) is 76.6 cm³/mol. The molecule has 1 fully saturated rings. The molecule has 106 valence electrons. The average molecular weight is 264 g/mol. The fraction of sp³-hybridized carbons (Fsp3) is 0.600. The van der Waals surface area contributed by atoms with E-state index in [9.17, 15) is 5.11 Å². The lowest BCUT2D eigenvalue weighted by Gasteiger charge is -2.29. The van der Waals surface area contributed by atoms with E-state index in [1.807, 2.05) is 19.1 Å². The van der Waals surface area contributed by atoms with Crippen molar-refractivity contribution in [2.45, 2.75) is 32.4 Å². The summed E-state index contributed by atoms with van der Waals surface area (Å²) in [6.45, 7) is 5.64. The third-order valence-electron chi connectivity index (χ3n) is 3.64. The lowest BCUT2D eigenvalue weighted by atomic mass is 10.1. The number of hydrogen-bond acceptors (Lipinski definition) is 4. The van der Waals surface area contributed by atoms with Crippen molar-refractivity contribution >= 4 is 0 Å². The second-order valence-corrected chi connectivity index (χ2v) is 5.19. The summed E-state index contributed by atoms with van der Waals surface area (Å²) in [4.78, 5) is 2.37. The standard InChI is InChI=1S/C15H24N2O2/c1-3-19-15-10-12(4-5-14(15)18)11-16-13-6-8-17(2)9-7-13/h4-5,10,13,16,18H,3,6-9,11H2,1-2H3. The molecule has 4 nitrogen and oxygen atoms in total. The third-order valence-corrected chi connectivity index (χ3v) is 3.64. The van der Waals surface area contributed by atoms with Crippen molar-refractivity contribution in [2.75, 3.05) is 26.7 Å². The SMILES string of the molecule is CCOc1cc(CNC2CCN(C)CC2)ccc1O. The van der Waals surface area contributed by atoms with E-state index in [-0.39, 0.29) is 5.75 Å². The van der Waals surface area contributed by atoms with Crippen LogP contribution in [0, 0.1) is 0 Å². The Balaban J connectivity index is 1.87. The number of likely N-dealkylation sites (tertiary alicyclic amines) is 1. The number of phenols is 1. The molecule has 0 aliphatic carbocycles. The number of nitrogens with one attached hydrogen (secondary N) is 1. The van der Waals surface area contributed by atoms with E-state index in [4.69, 9.17) is 4.74 Å². The molecule has 0 radical (unpaired) electrons. The summed E-state index contributed by atoms with van der Waals surface area (Å²) in [5.74, 6) is 0.787. The van der Waals surface area contributed by atoms with Crippen molar-refractivity contribution in [3.8, 4) is 11.5 Å². The molecule has 0 bridgehead atoms. The number of phenolic OH excluding ortho intramolecular Hbond substituents is 1. The molecule has 0 spiro atoms. The molecule has 1 heterocycles. The van der Waals surface area contributed by atoms with Gasteiger partial charge in [0, 0.05) is 12.6 Å². The molecule has 1 aliphatic heterocycles. The molecule has 1 aliphatic rings. The molecule has 4 heteroatoms. The van der Waals surface area contributed by atoms with Crippen LogP contribution in [0.1, 0.15) is 25.3 Å². The van der Waals surface area contributed by atoms with Crippen LogP contribution in [-0.2, 0) is 6.54 Å². The first-order valence-electron chi connectivity index (χ1n) is 7.05. The third kappa shape index (κ3) is 4.11. The second-order valence-electron chi connectivity index (χ2n) is 5.19. The molecule has 0 saturated carbocycles. The molecule has 1 saturated heterocycles. The minimum absolute atomic E-state index is 0.213. The first-order valence-corrected chi connectivity index (χ1v) is 7.05. The molecular weight excluding hydrogens is 240 g/mol. The van der Waals surface area contributed by atoms with Gasteiger partial charge in [0.2, 0.25) is 0 Å². The summed E-state index contributed by atoms with van der Waals surface area (Å²) in [6, 6.07) is 6.16. The molecule has 19 heavy (non-hydrogen) atoms. The van der Waals surface area contributed by atoms with Gasteiger partial charge < -0.3 is 20.1 Å². The van der Waals surface area contributed by atoms with E-state index in [2.05, 4.69) is 17.3 Å². The van der Waals surface area contributed by atoms with Crippen molar-refractivity contribution in [3.63, 3.8) is 0 Å². The van der Waals surface area contributed by atoms with Crippen molar-refractivity contribution in [3.05, 3.63) is 23.8 Å². The Labute approximate surface area is 115 Å². The van der Waals surface area contributed by atoms with Crippen LogP contribution in [0.4, 0.5) is 0 Å². The van der Waals surface area contributed by atoms with Gasteiger partial charge in [0.1, 0.15) is 0 Å². The monoisotopic (exact) mass is 264 g/mol. The highest BCUT2D eigenvalue weighted by Gasteiger charge is 2.15. The van der Waals surface area contributed by atoms with Crippen molar-refractivity contribution < 1.29 is 9.84 Å². The smallest absolute Gasteiger partial charge is 0.161 e. The first-order chi connectivity index (χ1) is 9.19. The maximum Gasteiger partial charge on any atom is 0.161 e. The molecule has 2 N–H and O–H groups in total. The highest BCUT2D eigenvalue weighted by molar-refractivity contribution is 5.41. The minimum atomic E-state index is 0.213. The van der Waals surface area contributed by atoms with Crippen LogP contribution in [0.25, 0.3) is 0 Å². The zero-order valence-corrected chi connectivity index (χ0v) is 11.9. The molecule has 1 aromatic rings. The number of nitrogens with zero attached hydrogens (tertiary/aromatic N) is 1. The largest absolute Gasteiger partial charge is 0.504 e. The second kappa shape index (κ2) is 6.78. The van der Waals surface area contributed by atoms with E-state index < -0.39 is 0 Å². The van der Waals surface area contributed by atoms with Gasteiger partial charge in [-0.1, -0.05) is 6.07 Å². The van der Waals surface area contributed by atoms with Crippen LogP contribution in [0.5, 0.6) is 11.5 Å². The quantitative estimate of drug-likeness (QED) is 0.853. The van der Waals surface area contributed by atoms with Crippen LogP contribution in [0.2, 0.25) is 0 Å². The van der Waals surface area contributed by atoms with E-state index in [0.717, 1.165) is 25.2 Å². The van der Waals surface area contributed by atoms with Gasteiger partial charge in [-0.25, -0.2) is 0 Å². The van der Waals surface area contributed by atoms with Crippen LogP contribution in [-0.4, -0.2) is 42.8 Å². The fourth-order valence-corrected chi connectivity index (χ4v) is 2.41. The molecular formula is C15H24N2O2. The summed E-state index contributed by atoms with van der Waals surface area (Å²) >= 11 is 0. The van der Waals surface area contributed by atoms with Crippen LogP contribution in [0.15, 0.2) is 18.2 Å². The van der Waals surface area contributed by atoms with Gasteiger partial charge in [0.15, 0.2) is 11.5 Å². The maximum atomic E-state index is 9.66. The van der Waals surface area contributed by atoms with E-state index in [1.54, 1.807) is 6.07 Å². The van der Waals surface area contributed by atoms with Crippen molar-refractivity contribution in [1.82, 2.24) is 10.2 Å².